The normalized spacial score (nSPS) is 35.2. The van der Waals surface area contributed by atoms with Crippen molar-refractivity contribution in [3.05, 3.63) is 12.2 Å². The lowest BCUT2D eigenvalue weighted by Crippen LogP contribution is -2.25. The van der Waals surface area contributed by atoms with Crippen LogP contribution in [-0.4, -0.2) is 0 Å². The molecule has 0 amide bonds. The zero-order chi connectivity index (χ0) is 14.5. The Morgan fingerprint density at radius 2 is 1.40 bits per heavy atom. The average molecular weight is 277 g/mol. The molecule has 20 heavy (non-hydrogen) atoms. The number of hydrogen-bond donors (Lipinski definition) is 0. The Morgan fingerprint density at radius 3 is 1.90 bits per heavy atom. The fourth-order valence-electron chi connectivity index (χ4n) is 4.43. The molecule has 0 aliphatic heterocycles. The molecule has 0 saturated heterocycles. The molecule has 0 radical (unpaired) electrons. The van der Waals surface area contributed by atoms with E-state index in [1.807, 2.05) is 0 Å². The maximum atomic E-state index is 4.40. The molecule has 2 aliphatic carbocycles. The first kappa shape index (κ1) is 16.1. The van der Waals surface area contributed by atoms with Gasteiger partial charge in [-0.2, -0.15) is 0 Å². The molecular weight excluding hydrogens is 240 g/mol. The SMILES string of the molecule is C=C(CCC(C)C)C1CCC(C2CCC(C)CC2)CC1. The van der Waals surface area contributed by atoms with E-state index in [4.69, 9.17) is 0 Å². The molecule has 0 bridgehead atoms. The van der Waals surface area contributed by atoms with Gasteiger partial charge in [-0.05, 0) is 81.0 Å². The highest BCUT2D eigenvalue weighted by molar-refractivity contribution is 5.02. The molecule has 0 spiro atoms. The van der Waals surface area contributed by atoms with Crippen LogP contribution in [0.3, 0.4) is 0 Å². The minimum atomic E-state index is 0.826. The van der Waals surface area contributed by atoms with Crippen molar-refractivity contribution >= 4 is 0 Å². The minimum Gasteiger partial charge on any atom is -0.0996 e. The van der Waals surface area contributed by atoms with Gasteiger partial charge in [-0.15, -0.1) is 0 Å². The van der Waals surface area contributed by atoms with E-state index in [1.54, 1.807) is 5.57 Å². The van der Waals surface area contributed by atoms with Crippen LogP contribution in [0.4, 0.5) is 0 Å². The molecule has 2 rings (SSSR count). The van der Waals surface area contributed by atoms with Gasteiger partial charge in [-0.25, -0.2) is 0 Å². The van der Waals surface area contributed by atoms with Crippen molar-refractivity contribution in [2.45, 2.75) is 85.0 Å². The molecule has 116 valence electrons. The number of hydrogen-bond acceptors (Lipinski definition) is 0. The van der Waals surface area contributed by atoms with Crippen molar-refractivity contribution in [2.75, 3.05) is 0 Å². The Bertz CT molecular complexity index is 285. The maximum absolute atomic E-state index is 4.40. The second-order valence-corrected chi connectivity index (χ2v) is 8.22. The second-order valence-electron chi connectivity index (χ2n) is 8.22. The van der Waals surface area contributed by atoms with E-state index >= 15 is 0 Å². The summed E-state index contributed by atoms with van der Waals surface area (Å²) in [6, 6.07) is 0. The molecule has 0 nitrogen and oxygen atoms in total. The standard InChI is InChI=1S/C20H36/c1-15(2)5-8-17(4)18-11-13-20(14-12-18)19-9-6-16(3)7-10-19/h15-16,18-20H,4-14H2,1-3H3. The van der Waals surface area contributed by atoms with Crippen LogP contribution in [0.2, 0.25) is 0 Å². The van der Waals surface area contributed by atoms with Crippen molar-refractivity contribution in [2.24, 2.45) is 29.6 Å². The van der Waals surface area contributed by atoms with Crippen LogP contribution in [-0.2, 0) is 0 Å². The summed E-state index contributed by atoms with van der Waals surface area (Å²) in [5.74, 6) is 4.80. The van der Waals surface area contributed by atoms with Gasteiger partial charge in [0.2, 0.25) is 0 Å². The lowest BCUT2D eigenvalue weighted by atomic mass is 9.68. The van der Waals surface area contributed by atoms with Gasteiger partial charge < -0.3 is 0 Å². The van der Waals surface area contributed by atoms with Gasteiger partial charge >= 0.3 is 0 Å². The molecule has 2 saturated carbocycles. The molecule has 0 heterocycles. The first-order chi connectivity index (χ1) is 9.56. The van der Waals surface area contributed by atoms with Crippen LogP contribution in [0.25, 0.3) is 0 Å². The van der Waals surface area contributed by atoms with Crippen LogP contribution < -0.4 is 0 Å². The minimum absolute atomic E-state index is 0.826. The summed E-state index contributed by atoms with van der Waals surface area (Å²) < 4.78 is 0. The van der Waals surface area contributed by atoms with Crippen LogP contribution in [0.5, 0.6) is 0 Å². The van der Waals surface area contributed by atoms with Gasteiger partial charge in [0.1, 0.15) is 0 Å². The molecule has 0 aromatic rings. The van der Waals surface area contributed by atoms with Crippen molar-refractivity contribution < 1.29 is 0 Å². The van der Waals surface area contributed by atoms with Crippen molar-refractivity contribution in [3.63, 3.8) is 0 Å². The van der Waals surface area contributed by atoms with E-state index in [0.717, 1.165) is 29.6 Å². The van der Waals surface area contributed by atoms with Gasteiger partial charge in [0.25, 0.3) is 0 Å². The van der Waals surface area contributed by atoms with Crippen LogP contribution >= 0.6 is 0 Å². The van der Waals surface area contributed by atoms with Crippen molar-refractivity contribution in [1.29, 1.82) is 0 Å². The number of rotatable bonds is 5. The molecule has 0 N–H and O–H groups in total. The third kappa shape index (κ3) is 4.64. The molecule has 0 atom stereocenters. The second kappa shape index (κ2) is 7.66. The monoisotopic (exact) mass is 276 g/mol. The molecule has 0 aromatic carbocycles. The summed E-state index contributed by atoms with van der Waals surface area (Å²) in [5, 5.41) is 0. The molecule has 2 aliphatic rings. The van der Waals surface area contributed by atoms with Crippen molar-refractivity contribution in [3.8, 4) is 0 Å². The zero-order valence-electron chi connectivity index (χ0n) is 14.2. The highest BCUT2D eigenvalue weighted by Gasteiger charge is 2.30. The first-order valence-electron chi connectivity index (χ1n) is 9.24. The molecule has 0 aromatic heterocycles. The Balaban J connectivity index is 1.70. The molecule has 2 fully saturated rings. The topological polar surface area (TPSA) is 0 Å². The summed E-state index contributed by atoms with van der Waals surface area (Å²) in [6.45, 7) is 11.5. The van der Waals surface area contributed by atoms with E-state index in [9.17, 15) is 0 Å². The van der Waals surface area contributed by atoms with E-state index < -0.39 is 0 Å². The summed E-state index contributed by atoms with van der Waals surface area (Å²) in [4.78, 5) is 0. The van der Waals surface area contributed by atoms with Crippen LogP contribution in [0.15, 0.2) is 12.2 Å². The highest BCUT2D eigenvalue weighted by atomic mass is 14.4. The Hall–Kier alpha value is -0.260. The summed E-state index contributed by atoms with van der Waals surface area (Å²) in [6.07, 6.45) is 14.5. The molecular formula is C20H36. The Labute approximate surface area is 127 Å². The van der Waals surface area contributed by atoms with E-state index in [2.05, 4.69) is 27.4 Å². The fourth-order valence-corrected chi connectivity index (χ4v) is 4.43. The quantitative estimate of drug-likeness (QED) is 0.495. The van der Waals surface area contributed by atoms with Crippen LogP contribution in [0.1, 0.15) is 85.0 Å². The first-order valence-corrected chi connectivity index (χ1v) is 9.24. The molecule has 0 heteroatoms. The number of allylic oxidation sites excluding steroid dienone is 1. The summed E-state index contributed by atoms with van der Waals surface area (Å²) in [7, 11) is 0. The highest BCUT2D eigenvalue weighted by Crippen LogP contribution is 2.43. The average Bonchev–Trinajstić information content (AvgIpc) is 2.46. The maximum Gasteiger partial charge on any atom is -0.0206 e. The Kier molecular flexibility index (Phi) is 6.18. The van der Waals surface area contributed by atoms with Gasteiger partial charge in [0.05, 0.1) is 0 Å². The van der Waals surface area contributed by atoms with Gasteiger partial charge in [-0.1, -0.05) is 45.8 Å². The third-order valence-electron chi connectivity index (χ3n) is 6.12. The van der Waals surface area contributed by atoms with Gasteiger partial charge in [0, 0.05) is 0 Å². The predicted octanol–water partition coefficient (Wildman–Crippen LogP) is 6.61. The zero-order valence-corrected chi connectivity index (χ0v) is 14.2. The lowest BCUT2D eigenvalue weighted by molar-refractivity contribution is 0.157. The molecule has 0 unspecified atom stereocenters. The van der Waals surface area contributed by atoms with E-state index in [0.29, 0.717) is 0 Å². The fraction of sp³-hybridized carbons (Fsp3) is 0.900. The van der Waals surface area contributed by atoms with Crippen molar-refractivity contribution in [1.82, 2.24) is 0 Å². The largest absolute Gasteiger partial charge is 0.0996 e. The summed E-state index contributed by atoms with van der Waals surface area (Å²) in [5.41, 5.74) is 1.56. The van der Waals surface area contributed by atoms with Gasteiger partial charge in [0.15, 0.2) is 0 Å². The summed E-state index contributed by atoms with van der Waals surface area (Å²) >= 11 is 0. The van der Waals surface area contributed by atoms with E-state index in [1.165, 1.54) is 64.2 Å². The predicted molar refractivity (Wildman–Crippen MR) is 89.8 cm³/mol. The van der Waals surface area contributed by atoms with Gasteiger partial charge in [-0.3, -0.25) is 0 Å². The Morgan fingerprint density at radius 1 is 0.900 bits per heavy atom. The smallest absolute Gasteiger partial charge is 0.0206 e. The van der Waals surface area contributed by atoms with E-state index in [-0.39, 0.29) is 0 Å². The third-order valence-corrected chi connectivity index (χ3v) is 6.12. The van der Waals surface area contributed by atoms with Crippen LogP contribution in [0, 0.1) is 29.6 Å². The lowest BCUT2D eigenvalue weighted by Gasteiger charge is -2.37.